The van der Waals surface area contributed by atoms with Crippen molar-refractivity contribution in [3.8, 4) is 0 Å². The van der Waals surface area contributed by atoms with E-state index in [2.05, 4.69) is 4.94 Å². The van der Waals surface area contributed by atoms with E-state index in [9.17, 15) is 9.32 Å². The van der Waals surface area contributed by atoms with E-state index in [-0.39, 0.29) is 0 Å². The average molecular weight is 180 g/mol. The first kappa shape index (κ1) is 9.45. The Morgan fingerprint density at radius 2 is 2.00 bits per heavy atom. The van der Waals surface area contributed by atoms with E-state index in [1.165, 1.54) is 0 Å². The highest BCUT2D eigenvalue weighted by Crippen LogP contribution is 2.12. The third-order valence-electron chi connectivity index (χ3n) is 1.64. The molecule has 0 bridgehead atoms. The van der Waals surface area contributed by atoms with Crippen molar-refractivity contribution in [3.05, 3.63) is 42.0 Å². The molecule has 68 valence electrons. The Labute approximate surface area is 75.5 Å². The van der Waals surface area contributed by atoms with Crippen molar-refractivity contribution in [3.63, 3.8) is 0 Å². The maximum absolute atomic E-state index is 11.4. The zero-order valence-corrected chi connectivity index (χ0v) is 7.16. The van der Waals surface area contributed by atoms with Gasteiger partial charge in [-0.25, -0.2) is 4.79 Å². The van der Waals surface area contributed by atoms with Gasteiger partial charge in [0.2, 0.25) is 0 Å². The second kappa shape index (κ2) is 4.40. The van der Waals surface area contributed by atoms with Gasteiger partial charge in [0, 0.05) is 10.6 Å². The maximum atomic E-state index is 11.4. The molecule has 13 heavy (non-hydrogen) atoms. The monoisotopic (exact) mass is 180 g/mol. The van der Waals surface area contributed by atoms with Crippen molar-refractivity contribution >= 4 is 11.5 Å². The van der Waals surface area contributed by atoms with Gasteiger partial charge in [-0.3, -0.25) is 4.94 Å². The van der Waals surface area contributed by atoms with Crippen LogP contribution in [-0.4, -0.2) is 5.97 Å². The molecular weight excluding hydrogens is 171 g/mol. The van der Waals surface area contributed by atoms with Gasteiger partial charge >= 0.3 is 5.97 Å². The largest absolute Gasteiger partial charge is 0.372 e. The molecule has 1 aromatic carbocycles. The van der Waals surface area contributed by atoms with Crippen LogP contribution >= 0.6 is 0 Å². The van der Waals surface area contributed by atoms with Crippen molar-refractivity contribution in [2.45, 2.75) is 6.92 Å². The number of carbonyl (C=O) groups excluding carboxylic acids is 1. The Kier molecular flexibility index (Phi) is 3.20. The molecule has 3 heteroatoms. The molecule has 0 radical (unpaired) electrons. The van der Waals surface area contributed by atoms with E-state index in [1.807, 2.05) is 30.3 Å². The molecule has 0 unspecified atom stereocenters. The van der Waals surface area contributed by atoms with Crippen molar-refractivity contribution in [2.24, 2.45) is 0 Å². The molecule has 0 fully saturated rings. The summed E-state index contributed by atoms with van der Waals surface area (Å²) < 4.78 is 11.4. The molecule has 0 aliphatic heterocycles. The fraction of sp³-hybridized carbons (Fsp3) is 0.100. The van der Waals surface area contributed by atoms with Crippen LogP contribution in [0.1, 0.15) is 12.5 Å². The minimum absolute atomic E-state index is 0.670. The molecule has 0 atom stereocenters. The van der Waals surface area contributed by atoms with Gasteiger partial charge in [0.1, 0.15) is 0 Å². The highest BCUT2D eigenvalue weighted by atomic mass is 19.3. The predicted molar refractivity (Wildman–Crippen MR) is 47.3 cm³/mol. The minimum atomic E-state index is -0.985. The summed E-state index contributed by atoms with van der Waals surface area (Å²) in [6.07, 6.45) is 1.11. The summed E-state index contributed by atoms with van der Waals surface area (Å²) in [5, 5.41) is 0. The number of hydrogen-bond acceptors (Lipinski definition) is 2. The Bertz CT molecular complexity index is 317. The van der Waals surface area contributed by atoms with Gasteiger partial charge in [0.25, 0.3) is 0 Å². The number of carbonyl (C=O) groups is 1. The van der Waals surface area contributed by atoms with Crippen molar-refractivity contribution in [2.75, 3.05) is 0 Å². The van der Waals surface area contributed by atoms with Crippen LogP contribution in [-0.2, 0) is 9.74 Å². The molecule has 0 amide bonds. The first-order chi connectivity index (χ1) is 6.24. The molecule has 0 spiro atoms. The molecule has 1 aromatic rings. The van der Waals surface area contributed by atoms with Gasteiger partial charge < -0.3 is 0 Å². The van der Waals surface area contributed by atoms with Crippen LogP contribution in [0.2, 0.25) is 0 Å². The van der Waals surface area contributed by atoms with Crippen molar-refractivity contribution in [1.82, 2.24) is 0 Å². The number of allylic oxidation sites excluding steroid dienone is 1. The molecule has 2 nitrogen and oxygen atoms in total. The quantitative estimate of drug-likeness (QED) is 0.653. The summed E-state index contributed by atoms with van der Waals surface area (Å²) >= 11 is 0. The van der Waals surface area contributed by atoms with Crippen LogP contribution in [0.5, 0.6) is 0 Å². The van der Waals surface area contributed by atoms with E-state index >= 15 is 0 Å². The molecule has 0 aromatic heterocycles. The molecule has 0 saturated heterocycles. The number of benzene rings is 1. The first-order valence-electron chi connectivity index (χ1n) is 3.80. The van der Waals surface area contributed by atoms with E-state index in [4.69, 9.17) is 0 Å². The van der Waals surface area contributed by atoms with Gasteiger partial charge in [-0.2, -0.15) is 0 Å². The van der Waals surface area contributed by atoms with E-state index < -0.39 is 5.97 Å². The summed E-state index contributed by atoms with van der Waals surface area (Å²) in [7, 11) is 0. The minimum Gasteiger partial charge on any atom is -0.250 e. The van der Waals surface area contributed by atoms with Crippen LogP contribution in [0, 0.1) is 0 Å². The second-order valence-corrected chi connectivity index (χ2v) is 2.59. The van der Waals surface area contributed by atoms with Gasteiger partial charge in [-0.1, -0.05) is 30.3 Å². The fourth-order valence-electron chi connectivity index (χ4n) is 0.983. The molecule has 0 aliphatic rings. The van der Waals surface area contributed by atoms with Crippen LogP contribution in [0.25, 0.3) is 5.57 Å². The molecule has 0 N–H and O–H groups in total. The lowest BCUT2D eigenvalue weighted by Gasteiger charge is -1.98. The topological polar surface area (TPSA) is 26.3 Å². The summed E-state index contributed by atoms with van der Waals surface area (Å²) in [5.74, 6) is -0.985. The first-order valence-corrected chi connectivity index (χ1v) is 3.80. The zero-order valence-electron chi connectivity index (χ0n) is 7.16. The Morgan fingerprint density at radius 1 is 1.38 bits per heavy atom. The third kappa shape index (κ3) is 2.71. The maximum Gasteiger partial charge on any atom is 0.372 e. The molecule has 0 aliphatic carbocycles. The highest BCUT2D eigenvalue weighted by Gasteiger charge is 2.00. The summed E-state index contributed by atoms with van der Waals surface area (Å²) in [4.78, 5) is 13.5. The second-order valence-electron chi connectivity index (χ2n) is 2.59. The Hall–Kier alpha value is -1.64. The standard InChI is InChI=1S/C10H9FO2/c1-8(7-10(12)13-11)9-5-3-2-4-6-9/h2-7H,1H3. The highest BCUT2D eigenvalue weighted by molar-refractivity contribution is 5.90. The van der Waals surface area contributed by atoms with Crippen molar-refractivity contribution < 1.29 is 14.3 Å². The fourth-order valence-corrected chi connectivity index (χ4v) is 0.983. The average Bonchev–Trinajstić information content (AvgIpc) is 2.19. The van der Waals surface area contributed by atoms with E-state index in [0.29, 0.717) is 5.57 Å². The number of hydrogen-bond donors (Lipinski definition) is 0. The lowest BCUT2D eigenvalue weighted by molar-refractivity contribution is -0.176. The van der Waals surface area contributed by atoms with Gasteiger partial charge in [0.15, 0.2) is 0 Å². The van der Waals surface area contributed by atoms with Gasteiger partial charge in [0.05, 0.1) is 0 Å². The summed E-state index contributed by atoms with van der Waals surface area (Å²) in [5.41, 5.74) is 1.54. The molecule has 1 rings (SSSR count). The van der Waals surface area contributed by atoms with Crippen LogP contribution in [0.3, 0.4) is 0 Å². The van der Waals surface area contributed by atoms with Crippen LogP contribution < -0.4 is 0 Å². The third-order valence-corrected chi connectivity index (χ3v) is 1.64. The van der Waals surface area contributed by atoms with Crippen LogP contribution in [0.15, 0.2) is 36.4 Å². The molecule has 0 saturated carbocycles. The predicted octanol–water partition coefficient (Wildman–Crippen LogP) is 2.52. The van der Waals surface area contributed by atoms with Gasteiger partial charge in [-0.15, -0.1) is 0 Å². The smallest absolute Gasteiger partial charge is 0.250 e. The zero-order chi connectivity index (χ0) is 9.68. The van der Waals surface area contributed by atoms with E-state index in [0.717, 1.165) is 11.6 Å². The summed E-state index contributed by atoms with van der Waals surface area (Å²) in [6, 6.07) is 9.21. The molecular formula is C10H9FO2. The van der Waals surface area contributed by atoms with E-state index in [1.54, 1.807) is 6.92 Å². The lowest BCUT2D eigenvalue weighted by atomic mass is 10.1. The Morgan fingerprint density at radius 3 is 2.54 bits per heavy atom. The van der Waals surface area contributed by atoms with Crippen LogP contribution in [0.4, 0.5) is 4.53 Å². The summed E-state index contributed by atoms with van der Waals surface area (Å²) in [6.45, 7) is 1.71. The lowest BCUT2D eigenvalue weighted by Crippen LogP contribution is -1.92. The van der Waals surface area contributed by atoms with Gasteiger partial charge in [-0.05, 0) is 18.1 Å². The molecule has 0 heterocycles. The Balaban J connectivity index is 2.85. The number of halogens is 1. The SMILES string of the molecule is CC(=CC(=O)OF)c1ccccc1. The number of rotatable bonds is 2. The van der Waals surface area contributed by atoms with Crippen molar-refractivity contribution in [1.29, 1.82) is 0 Å². The normalized spacial score (nSPS) is 11.1.